The van der Waals surface area contributed by atoms with Gasteiger partial charge in [0.1, 0.15) is 6.61 Å². The largest absolute Gasteiger partial charge is 0.464 e. The Morgan fingerprint density at radius 3 is 2.79 bits per heavy atom. The molecule has 2 saturated carbocycles. The molecule has 0 aromatic rings. The summed E-state index contributed by atoms with van der Waals surface area (Å²) in [4.78, 5) is 13.4. The van der Waals surface area contributed by atoms with Crippen LogP contribution in [0.25, 0.3) is 0 Å². The van der Waals surface area contributed by atoms with E-state index in [9.17, 15) is 4.79 Å². The molecule has 110 valence electrons. The second-order valence-corrected chi connectivity index (χ2v) is 6.05. The van der Waals surface area contributed by atoms with Crippen molar-refractivity contribution < 1.29 is 14.3 Å². The van der Waals surface area contributed by atoms with Crippen LogP contribution in [0.5, 0.6) is 0 Å². The second-order valence-electron chi connectivity index (χ2n) is 6.05. The van der Waals surface area contributed by atoms with Gasteiger partial charge in [-0.1, -0.05) is 6.42 Å². The lowest BCUT2D eigenvalue weighted by molar-refractivity contribution is -0.148. The standard InChI is InChI=1S/C15H27NO3/c1-3-19-15(17)11-18-7-6-16(2)10-14-9-12-4-5-13(14)8-12/h12-14H,3-11H2,1-2H3. The summed E-state index contributed by atoms with van der Waals surface area (Å²) in [6.45, 7) is 5.00. The fourth-order valence-electron chi connectivity index (χ4n) is 3.67. The third-order valence-electron chi connectivity index (χ3n) is 4.57. The molecule has 2 aliphatic rings. The van der Waals surface area contributed by atoms with Gasteiger partial charge >= 0.3 is 5.97 Å². The molecule has 0 saturated heterocycles. The van der Waals surface area contributed by atoms with Gasteiger partial charge in [0.2, 0.25) is 0 Å². The van der Waals surface area contributed by atoms with Gasteiger partial charge in [-0.25, -0.2) is 4.79 Å². The van der Waals surface area contributed by atoms with Crippen LogP contribution in [0.2, 0.25) is 0 Å². The van der Waals surface area contributed by atoms with Crippen molar-refractivity contribution in [3.05, 3.63) is 0 Å². The summed E-state index contributed by atoms with van der Waals surface area (Å²) >= 11 is 0. The Morgan fingerprint density at radius 1 is 1.32 bits per heavy atom. The number of ether oxygens (including phenoxy) is 2. The van der Waals surface area contributed by atoms with E-state index in [0.29, 0.717) is 13.2 Å². The Bertz CT molecular complexity index is 295. The zero-order valence-corrected chi connectivity index (χ0v) is 12.3. The molecule has 0 amide bonds. The maximum atomic E-state index is 11.1. The third kappa shape index (κ3) is 4.46. The smallest absolute Gasteiger partial charge is 0.332 e. The highest BCUT2D eigenvalue weighted by molar-refractivity contribution is 5.70. The van der Waals surface area contributed by atoms with Gasteiger partial charge in [-0.15, -0.1) is 0 Å². The molecule has 0 aromatic carbocycles. The molecule has 2 bridgehead atoms. The van der Waals surface area contributed by atoms with Crippen molar-refractivity contribution in [2.24, 2.45) is 17.8 Å². The van der Waals surface area contributed by atoms with E-state index < -0.39 is 0 Å². The van der Waals surface area contributed by atoms with Gasteiger partial charge in [0.15, 0.2) is 0 Å². The maximum Gasteiger partial charge on any atom is 0.332 e. The van der Waals surface area contributed by atoms with Crippen LogP contribution < -0.4 is 0 Å². The van der Waals surface area contributed by atoms with Gasteiger partial charge in [0, 0.05) is 13.1 Å². The Kier molecular flexibility index (Phi) is 5.64. The van der Waals surface area contributed by atoms with Crippen LogP contribution in [0.1, 0.15) is 32.6 Å². The van der Waals surface area contributed by atoms with Crippen LogP contribution in [0.4, 0.5) is 0 Å². The predicted molar refractivity (Wildman–Crippen MR) is 73.9 cm³/mol. The Balaban J connectivity index is 1.53. The fourth-order valence-corrected chi connectivity index (χ4v) is 3.67. The number of esters is 1. The number of likely N-dealkylation sites (N-methyl/N-ethyl adjacent to an activating group) is 1. The highest BCUT2D eigenvalue weighted by atomic mass is 16.6. The highest BCUT2D eigenvalue weighted by Crippen LogP contribution is 2.48. The molecule has 2 aliphatic carbocycles. The molecule has 0 N–H and O–H groups in total. The van der Waals surface area contributed by atoms with Crippen LogP contribution in [0, 0.1) is 17.8 Å². The molecule has 3 atom stereocenters. The summed E-state index contributed by atoms with van der Waals surface area (Å²) in [5.41, 5.74) is 0. The number of carbonyl (C=O) groups excluding carboxylic acids is 1. The molecule has 0 aliphatic heterocycles. The number of hydrogen-bond donors (Lipinski definition) is 0. The molecule has 0 spiro atoms. The van der Waals surface area contributed by atoms with Gasteiger partial charge in [-0.2, -0.15) is 0 Å². The molecular weight excluding hydrogens is 242 g/mol. The summed E-state index contributed by atoms with van der Waals surface area (Å²) in [6, 6.07) is 0. The van der Waals surface area contributed by atoms with E-state index in [1.165, 1.54) is 32.2 Å². The van der Waals surface area contributed by atoms with Gasteiger partial charge in [-0.05, 0) is 51.0 Å². The topological polar surface area (TPSA) is 38.8 Å². The van der Waals surface area contributed by atoms with Crippen molar-refractivity contribution in [1.82, 2.24) is 4.90 Å². The minimum absolute atomic E-state index is 0.0792. The van der Waals surface area contributed by atoms with Crippen molar-refractivity contribution in [2.45, 2.75) is 32.6 Å². The average Bonchev–Trinajstić information content (AvgIpc) is 2.97. The first-order valence-electron chi connectivity index (χ1n) is 7.61. The molecule has 4 nitrogen and oxygen atoms in total. The Labute approximate surface area is 116 Å². The lowest BCUT2D eigenvalue weighted by atomic mass is 9.88. The van der Waals surface area contributed by atoms with E-state index in [-0.39, 0.29) is 12.6 Å². The van der Waals surface area contributed by atoms with Crippen molar-refractivity contribution in [3.63, 3.8) is 0 Å². The Morgan fingerprint density at radius 2 is 2.16 bits per heavy atom. The zero-order valence-electron chi connectivity index (χ0n) is 12.3. The maximum absolute atomic E-state index is 11.1. The van der Waals surface area contributed by atoms with Crippen LogP contribution >= 0.6 is 0 Å². The first-order valence-corrected chi connectivity index (χ1v) is 7.61. The summed E-state index contributed by atoms with van der Waals surface area (Å²) < 4.78 is 10.1. The molecule has 0 radical (unpaired) electrons. The van der Waals surface area contributed by atoms with E-state index in [1.807, 2.05) is 0 Å². The lowest BCUT2D eigenvalue weighted by Gasteiger charge is -2.27. The number of hydrogen-bond acceptors (Lipinski definition) is 4. The highest BCUT2D eigenvalue weighted by Gasteiger charge is 2.39. The monoisotopic (exact) mass is 269 g/mol. The van der Waals surface area contributed by atoms with Crippen LogP contribution in [-0.2, 0) is 14.3 Å². The minimum Gasteiger partial charge on any atom is -0.464 e. The molecule has 3 unspecified atom stereocenters. The lowest BCUT2D eigenvalue weighted by Crippen LogP contribution is -2.31. The van der Waals surface area contributed by atoms with E-state index in [2.05, 4.69) is 11.9 Å². The summed E-state index contributed by atoms with van der Waals surface area (Å²) in [7, 11) is 2.15. The quantitative estimate of drug-likeness (QED) is 0.498. The normalized spacial score (nSPS) is 29.1. The van der Waals surface area contributed by atoms with E-state index in [4.69, 9.17) is 9.47 Å². The van der Waals surface area contributed by atoms with Crippen molar-refractivity contribution in [2.75, 3.05) is 40.0 Å². The second kappa shape index (κ2) is 7.25. The minimum atomic E-state index is -0.266. The third-order valence-corrected chi connectivity index (χ3v) is 4.57. The SMILES string of the molecule is CCOC(=O)COCCN(C)CC1CC2CCC1C2. The van der Waals surface area contributed by atoms with Crippen molar-refractivity contribution in [1.29, 1.82) is 0 Å². The summed E-state index contributed by atoms with van der Waals surface area (Å²) in [6.07, 6.45) is 5.81. The average molecular weight is 269 g/mol. The van der Waals surface area contributed by atoms with Gasteiger partial charge < -0.3 is 14.4 Å². The van der Waals surface area contributed by atoms with Crippen molar-refractivity contribution >= 4 is 5.97 Å². The number of carbonyl (C=O) groups is 1. The fraction of sp³-hybridized carbons (Fsp3) is 0.933. The first-order chi connectivity index (χ1) is 9.19. The molecule has 0 heterocycles. The van der Waals surface area contributed by atoms with Crippen LogP contribution in [0.15, 0.2) is 0 Å². The number of nitrogens with zero attached hydrogens (tertiary/aromatic N) is 1. The summed E-state index contributed by atoms with van der Waals surface area (Å²) in [5, 5.41) is 0. The zero-order chi connectivity index (χ0) is 13.7. The molecule has 2 rings (SSSR count). The van der Waals surface area contributed by atoms with Gasteiger partial charge in [0.05, 0.1) is 13.2 Å². The Hall–Kier alpha value is -0.610. The molecule has 4 heteroatoms. The predicted octanol–water partition coefficient (Wildman–Crippen LogP) is 1.93. The van der Waals surface area contributed by atoms with E-state index in [0.717, 1.165) is 24.3 Å². The van der Waals surface area contributed by atoms with E-state index in [1.54, 1.807) is 6.92 Å². The van der Waals surface area contributed by atoms with Crippen LogP contribution in [0.3, 0.4) is 0 Å². The van der Waals surface area contributed by atoms with Crippen molar-refractivity contribution in [3.8, 4) is 0 Å². The molecule has 2 fully saturated rings. The van der Waals surface area contributed by atoms with Crippen LogP contribution in [-0.4, -0.2) is 50.8 Å². The number of rotatable bonds is 8. The van der Waals surface area contributed by atoms with Gasteiger partial charge in [-0.3, -0.25) is 0 Å². The van der Waals surface area contributed by atoms with Gasteiger partial charge in [0.25, 0.3) is 0 Å². The molecule has 0 aromatic heterocycles. The number of fused-ring (bicyclic) bond motifs is 2. The molecule has 19 heavy (non-hydrogen) atoms. The summed E-state index contributed by atoms with van der Waals surface area (Å²) in [5.74, 6) is 2.63. The molecular formula is C15H27NO3. The first kappa shape index (κ1) is 14.8. The van der Waals surface area contributed by atoms with E-state index >= 15 is 0 Å².